The molecule has 1 aliphatic heterocycles. The molecule has 0 aromatic heterocycles. The van der Waals surface area contributed by atoms with Crippen LogP contribution in [-0.4, -0.2) is 40.7 Å². The summed E-state index contributed by atoms with van der Waals surface area (Å²) in [6.45, 7) is 2.91. The number of carbonyl (C=O) groups is 4. The van der Waals surface area contributed by atoms with E-state index in [4.69, 9.17) is 4.74 Å². The number of benzene rings is 2. The van der Waals surface area contributed by atoms with Gasteiger partial charge in [-0.1, -0.05) is 36.4 Å². The summed E-state index contributed by atoms with van der Waals surface area (Å²) < 4.78 is 5.31. The molecule has 160 valence electrons. The third-order valence-corrected chi connectivity index (χ3v) is 5.90. The number of imide groups is 1. The number of esters is 1. The number of aryl methyl sites for hydroxylation is 1. The Balaban J connectivity index is 1.39. The molecule has 2 aromatic carbocycles. The van der Waals surface area contributed by atoms with E-state index >= 15 is 0 Å². The van der Waals surface area contributed by atoms with Crippen LogP contribution >= 0.6 is 0 Å². The fourth-order valence-corrected chi connectivity index (χ4v) is 4.18. The van der Waals surface area contributed by atoms with Gasteiger partial charge in [0.25, 0.3) is 17.7 Å². The molecule has 1 N–H and O–H groups in total. The summed E-state index contributed by atoms with van der Waals surface area (Å²) in [6.07, 6.45) is 1.70. The third kappa shape index (κ3) is 3.83. The summed E-state index contributed by atoms with van der Waals surface area (Å²) >= 11 is 0. The van der Waals surface area contributed by atoms with Crippen molar-refractivity contribution in [3.05, 3.63) is 70.8 Å². The fraction of sp³-hybridized carbons (Fsp3) is 0.333. The maximum atomic E-state index is 12.7. The molecule has 4 rings (SSSR count). The van der Waals surface area contributed by atoms with Gasteiger partial charge < -0.3 is 10.1 Å². The van der Waals surface area contributed by atoms with Crippen LogP contribution < -0.4 is 5.32 Å². The van der Waals surface area contributed by atoms with Crippen molar-refractivity contribution < 1.29 is 23.9 Å². The SMILES string of the molecule is C[C@H](OC(=O)[C@@H](C)N1C(=O)c2ccccc2C1=O)C(=O)N[C@@H]1CCCc2ccccc21. The van der Waals surface area contributed by atoms with Crippen molar-refractivity contribution in [2.45, 2.75) is 51.3 Å². The Labute approximate surface area is 180 Å². The van der Waals surface area contributed by atoms with Crippen LogP contribution in [0.5, 0.6) is 0 Å². The van der Waals surface area contributed by atoms with E-state index in [1.165, 1.54) is 19.4 Å². The van der Waals surface area contributed by atoms with Gasteiger partial charge in [0.05, 0.1) is 17.2 Å². The molecule has 0 bridgehead atoms. The van der Waals surface area contributed by atoms with Crippen molar-refractivity contribution in [2.24, 2.45) is 0 Å². The lowest BCUT2D eigenvalue weighted by Crippen LogP contribution is -2.46. The molecule has 31 heavy (non-hydrogen) atoms. The molecule has 1 heterocycles. The first kappa shape index (κ1) is 20.8. The van der Waals surface area contributed by atoms with Crippen LogP contribution in [0.2, 0.25) is 0 Å². The fourth-order valence-electron chi connectivity index (χ4n) is 4.18. The largest absolute Gasteiger partial charge is 0.451 e. The molecule has 3 amide bonds. The summed E-state index contributed by atoms with van der Waals surface area (Å²) in [4.78, 5) is 51.3. The molecule has 0 radical (unpaired) electrons. The molecule has 0 saturated heterocycles. The molecule has 7 nitrogen and oxygen atoms in total. The van der Waals surface area contributed by atoms with E-state index in [0.29, 0.717) is 0 Å². The molecule has 0 fully saturated rings. The van der Waals surface area contributed by atoms with Crippen LogP contribution in [0.4, 0.5) is 0 Å². The summed E-state index contributed by atoms with van der Waals surface area (Å²) in [5.41, 5.74) is 2.81. The molecular formula is C24H24N2O5. The first-order valence-corrected chi connectivity index (χ1v) is 10.4. The molecule has 1 aliphatic carbocycles. The number of hydrogen-bond acceptors (Lipinski definition) is 5. The monoisotopic (exact) mass is 420 g/mol. The lowest BCUT2D eigenvalue weighted by Gasteiger charge is -2.28. The highest BCUT2D eigenvalue weighted by Gasteiger charge is 2.41. The maximum Gasteiger partial charge on any atom is 0.329 e. The van der Waals surface area contributed by atoms with Gasteiger partial charge >= 0.3 is 5.97 Å². The van der Waals surface area contributed by atoms with Crippen LogP contribution in [0.15, 0.2) is 48.5 Å². The average Bonchev–Trinajstić information content (AvgIpc) is 3.03. The first-order chi connectivity index (χ1) is 14.9. The van der Waals surface area contributed by atoms with Crippen molar-refractivity contribution in [1.29, 1.82) is 0 Å². The summed E-state index contributed by atoms with van der Waals surface area (Å²) in [5, 5.41) is 2.96. The van der Waals surface area contributed by atoms with Gasteiger partial charge in [-0.15, -0.1) is 0 Å². The van der Waals surface area contributed by atoms with Crippen LogP contribution in [0.25, 0.3) is 0 Å². The normalized spacial score (nSPS) is 19.3. The Kier molecular flexibility index (Phi) is 5.59. The summed E-state index contributed by atoms with van der Waals surface area (Å²) in [5.74, 6) is -2.30. The predicted molar refractivity (Wildman–Crippen MR) is 112 cm³/mol. The van der Waals surface area contributed by atoms with E-state index in [0.717, 1.165) is 29.7 Å². The quantitative estimate of drug-likeness (QED) is 0.593. The number of hydrogen-bond donors (Lipinski definition) is 1. The van der Waals surface area contributed by atoms with E-state index in [1.54, 1.807) is 24.3 Å². The minimum Gasteiger partial charge on any atom is -0.451 e. The van der Waals surface area contributed by atoms with E-state index in [9.17, 15) is 19.2 Å². The Hall–Kier alpha value is -3.48. The Morgan fingerprint density at radius 1 is 1.00 bits per heavy atom. The van der Waals surface area contributed by atoms with Gasteiger partial charge in [0.2, 0.25) is 0 Å². The summed E-state index contributed by atoms with van der Waals surface area (Å²) in [7, 11) is 0. The molecular weight excluding hydrogens is 396 g/mol. The van der Waals surface area contributed by atoms with Gasteiger partial charge in [-0.2, -0.15) is 0 Å². The van der Waals surface area contributed by atoms with Gasteiger partial charge in [0, 0.05) is 0 Å². The van der Waals surface area contributed by atoms with Gasteiger partial charge in [0.1, 0.15) is 6.04 Å². The lowest BCUT2D eigenvalue weighted by molar-refractivity contribution is -0.158. The number of nitrogens with one attached hydrogen (secondary N) is 1. The topological polar surface area (TPSA) is 92.8 Å². The molecule has 2 aliphatic rings. The molecule has 7 heteroatoms. The van der Waals surface area contributed by atoms with E-state index < -0.39 is 35.8 Å². The number of ether oxygens (including phenoxy) is 1. The molecule has 0 unspecified atom stereocenters. The zero-order chi connectivity index (χ0) is 22.1. The van der Waals surface area contributed by atoms with Crippen LogP contribution in [-0.2, 0) is 20.7 Å². The number of amides is 3. The highest BCUT2D eigenvalue weighted by atomic mass is 16.5. The highest BCUT2D eigenvalue weighted by Crippen LogP contribution is 2.29. The maximum absolute atomic E-state index is 12.7. The number of rotatable bonds is 5. The van der Waals surface area contributed by atoms with E-state index in [1.807, 2.05) is 18.2 Å². The molecule has 0 saturated carbocycles. The zero-order valence-electron chi connectivity index (χ0n) is 17.5. The van der Waals surface area contributed by atoms with Crippen molar-refractivity contribution in [1.82, 2.24) is 10.2 Å². The second-order valence-electron chi connectivity index (χ2n) is 7.93. The number of fused-ring (bicyclic) bond motifs is 2. The first-order valence-electron chi connectivity index (χ1n) is 10.4. The zero-order valence-corrected chi connectivity index (χ0v) is 17.5. The second-order valence-corrected chi connectivity index (χ2v) is 7.93. The third-order valence-electron chi connectivity index (χ3n) is 5.90. The minimum absolute atomic E-state index is 0.132. The van der Waals surface area contributed by atoms with Gasteiger partial charge in [0.15, 0.2) is 6.10 Å². The predicted octanol–water partition coefficient (Wildman–Crippen LogP) is 2.80. The summed E-state index contributed by atoms with van der Waals surface area (Å²) in [6, 6.07) is 13.1. The molecule has 3 atom stereocenters. The molecule has 2 aromatic rings. The standard InChI is InChI=1S/C24H24N2O5/c1-14(26-22(28)18-11-5-6-12-19(18)23(26)29)24(30)31-15(2)21(27)25-20-13-7-9-16-8-3-4-10-17(16)20/h3-6,8,10-12,14-15,20H,7,9,13H2,1-2H3,(H,25,27)/t14-,15+,20-/m1/s1. The smallest absolute Gasteiger partial charge is 0.329 e. The van der Waals surface area contributed by atoms with Gasteiger partial charge in [-0.3, -0.25) is 19.3 Å². The van der Waals surface area contributed by atoms with Crippen LogP contribution in [0.3, 0.4) is 0 Å². The highest BCUT2D eigenvalue weighted by molar-refractivity contribution is 6.22. The van der Waals surface area contributed by atoms with Gasteiger partial charge in [-0.05, 0) is 56.4 Å². The van der Waals surface area contributed by atoms with Crippen LogP contribution in [0.1, 0.15) is 64.6 Å². The lowest BCUT2D eigenvalue weighted by atomic mass is 9.87. The van der Waals surface area contributed by atoms with E-state index in [2.05, 4.69) is 11.4 Å². The average molecular weight is 420 g/mol. The second kappa shape index (κ2) is 8.34. The van der Waals surface area contributed by atoms with Crippen molar-refractivity contribution in [3.8, 4) is 0 Å². The van der Waals surface area contributed by atoms with Crippen molar-refractivity contribution in [2.75, 3.05) is 0 Å². The van der Waals surface area contributed by atoms with E-state index in [-0.39, 0.29) is 17.2 Å². The minimum atomic E-state index is -1.14. The number of nitrogens with zero attached hydrogens (tertiary/aromatic N) is 1. The Bertz CT molecular complexity index is 1030. The Morgan fingerprint density at radius 2 is 1.61 bits per heavy atom. The van der Waals surface area contributed by atoms with Crippen molar-refractivity contribution in [3.63, 3.8) is 0 Å². The van der Waals surface area contributed by atoms with Crippen molar-refractivity contribution >= 4 is 23.7 Å². The van der Waals surface area contributed by atoms with Crippen LogP contribution in [0, 0.1) is 0 Å². The Morgan fingerprint density at radius 3 is 2.29 bits per heavy atom. The number of carbonyl (C=O) groups excluding carboxylic acids is 4. The van der Waals surface area contributed by atoms with Gasteiger partial charge in [-0.25, -0.2) is 4.79 Å². The molecule has 0 spiro atoms.